The molecule has 0 amide bonds. The molecule has 2 heterocycles. The molecule has 0 saturated heterocycles. The van der Waals surface area contributed by atoms with Gasteiger partial charge in [0.15, 0.2) is 5.43 Å². The molecule has 1 aromatic carbocycles. The number of pyridine rings is 2. The summed E-state index contributed by atoms with van der Waals surface area (Å²) in [6, 6.07) is 6.29. The lowest BCUT2D eigenvalue weighted by atomic mass is 10.0. The van der Waals surface area contributed by atoms with E-state index in [9.17, 15) is 14.3 Å². The molecular weight excluding hydrogens is 407 g/mol. The van der Waals surface area contributed by atoms with Gasteiger partial charge in [-0.1, -0.05) is 37.6 Å². The van der Waals surface area contributed by atoms with Crippen molar-refractivity contribution in [2.24, 2.45) is 5.92 Å². The van der Waals surface area contributed by atoms with E-state index in [1.54, 1.807) is 31.3 Å². The Bertz CT molecular complexity index is 1130. The second-order valence-corrected chi connectivity index (χ2v) is 8.34. The molecular formula is C23H26ClFN2O3. The molecule has 0 aliphatic heterocycles. The Balaban J connectivity index is 2.21. The molecule has 0 radical (unpaired) electrons. The van der Waals surface area contributed by atoms with Gasteiger partial charge >= 0.3 is 0 Å². The summed E-state index contributed by atoms with van der Waals surface area (Å²) in [7, 11) is 1.49. The van der Waals surface area contributed by atoms with Crippen LogP contribution in [0.1, 0.15) is 43.0 Å². The van der Waals surface area contributed by atoms with Gasteiger partial charge in [-0.15, -0.1) is 0 Å². The predicted molar refractivity (Wildman–Crippen MR) is 117 cm³/mol. The summed E-state index contributed by atoms with van der Waals surface area (Å²) >= 11 is 5.91. The van der Waals surface area contributed by atoms with Crippen LogP contribution in [0.15, 0.2) is 35.3 Å². The van der Waals surface area contributed by atoms with Crippen molar-refractivity contribution in [2.45, 2.75) is 39.7 Å². The molecule has 160 valence electrons. The van der Waals surface area contributed by atoms with Crippen LogP contribution >= 0.6 is 11.6 Å². The van der Waals surface area contributed by atoms with Gasteiger partial charge in [-0.25, -0.2) is 4.39 Å². The number of hydrogen-bond donors (Lipinski definition) is 1. The molecule has 0 unspecified atom stereocenters. The van der Waals surface area contributed by atoms with Gasteiger partial charge in [-0.3, -0.25) is 4.79 Å². The highest BCUT2D eigenvalue weighted by atomic mass is 35.5. The maximum atomic E-state index is 14.4. The zero-order valence-electron chi connectivity index (χ0n) is 17.6. The number of aliphatic hydroxyl groups is 1. The third-order valence-corrected chi connectivity index (χ3v) is 5.47. The molecule has 0 aliphatic rings. The molecule has 1 N–H and O–H groups in total. The molecule has 0 saturated carbocycles. The van der Waals surface area contributed by atoms with E-state index in [0.29, 0.717) is 39.5 Å². The smallest absolute Gasteiger partial charge is 0.218 e. The van der Waals surface area contributed by atoms with Gasteiger partial charge in [0, 0.05) is 23.7 Å². The number of nitrogens with zero attached hydrogens (tertiary/aromatic N) is 2. The van der Waals surface area contributed by atoms with Crippen LogP contribution in [0.4, 0.5) is 4.39 Å². The Hall–Kier alpha value is -2.44. The lowest BCUT2D eigenvalue weighted by molar-refractivity contribution is 0.210. The first-order chi connectivity index (χ1) is 14.3. The van der Waals surface area contributed by atoms with E-state index in [1.165, 1.54) is 13.2 Å². The number of ether oxygens (including phenoxy) is 1. The summed E-state index contributed by atoms with van der Waals surface area (Å²) in [5, 5.41) is 10.4. The Morgan fingerprint density at radius 1 is 1.30 bits per heavy atom. The maximum absolute atomic E-state index is 14.4. The van der Waals surface area contributed by atoms with Gasteiger partial charge in [0.2, 0.25) is 5.88 Å². The lowest BCUT2D eigenvalue weighted by Crippen LogP contribution is -2.21. The highest BCUT2D eigenvalue weighted by Gasteiger charge is 2.20. The van der Waals surface area contributed by atoms with Gasteiger partial charge in [0.05, 0.1) is 30.2 Å². The Morgan fingerprint density at radius 2 is 2.03 bits per heavy atom. The molecule has 3 aromatic rings. The first kappa shape index (κ1) is 22.2. The van der Waals surface area contributed by atoms with Crippen LogP contribution in [0.2, 0.25) is 5.02 Å². The van der Waals surface area contributed by atoms with Crippen LogP contribution in [0.5, 0.6) is 5.88 Å². The van der Waals surface area contributed by atoms with E-state index in [1.807, 2.05) is 4.57 Å². The number of fused-ring (bicyclic) bond motifs is 1. The molecule has 0 aliphatic carbocycles. The number of aromatic nitrogens is 2. The van der Waals surface area contributed by atoms with Gasteiger partial charge in [-0.2, -0.15) is 4.98 Å². The summed E-state index contributed by atoms with van der Waals surface area (Å²) in [6.07, 6.45) is 2.64. The highest BCUT2D eigenvalue weighted by molar-refractivity contribution is 6.30. The number of benzene rings is 1. The average Bonchev–Trinajstić information content (AvgIpc) is 2.72. The van der Waals surface area contributed by atoms with Gasteiger partial charge in [0.1, 0.15) is 11.5 Å². The minimum absolute atomic E-state index is 0.0397. The summed E-state index contributed by atoms with van der Waals surface area (Å²) in [5.74, 6) is 0.157. The van der Waals surface area contributed by atoms with Gasteiger partial charge in [-0.05, 0) is 37.0 Å². The molecule has 0 fully saturated rings. The van der Waals surface area contributed by atoms with Crippen molar-refractivity contribution in [2.75, 3.05) is 13.7 Å². The fraction of sp³-hybridized carbons (Fsp3) is 0.391. The van der Waals surface area contributed by atoms with Crippen LogP contribution in [0.3, 0.4) is 0 Å². The molecule has 30 heavy (non-hydrogen) atoms. The van der Waals surface area contributed by atoms with Crippen LogP contribution in [-0.2, 0) is 6.42 Å². The van der Waals surface area contributed by atoms with E-state index >= 15 is 0 Å². The number of aryl methyl sites for hydroxylation is 1. The van der Waals surface area contributed by atoms with Crippen LogP contribution in [-0.4, -0.2) is 28.4 Å². The van der Waals surface area contributed by atoms with Crippen molar-refractivity contribution in [1.29, 1.82) is 0 Å². The molecule has 0 spiro atoms. The monoisotopic (exact) mass is 432 g/mol. The van der Waals surface area contributed by atoms with E-state index in [0.717, 1.165) is 6.42 Å². The first-order valence-electron chi connectivity index (χ1n) is 9.89. The SMILES string of the molecule is COc1nc2c(cc1Cc1cccc(Cl)c1F)c(=O)c(C)cn2[C@H](CO)CC(C)C. The molecule has 0 bridgehead atoms. The van der Waals surface area contributed by atoms with E-state index in [4.69, 9.17) is 16.3 Å². The summed E-state index contributed by atoms with van der Waals surface area (Å²) in [6.45, 7) is 5.81. The van der Waals surface area contributed by atoms with Crippen molar-refractivity contribution in [3.05, 3.63) is 68.2 Å². The normalized spacial score (nSPS) is 12.5. The number of rotatable bonds is 7. The van der Waals surface area contributed by atoms with Crippen LogP contribution in [0, 0.1) is 18.7 Å². The maximum Gasteiger partial charge on any atom is 0.218 e. The molecule has 7 heteroatoms. The summed E-state index contributed by atoms with van der Waals surface area (Å²) in [5.41, 5.74) is 1.83. The summed E-state index contributed by atoms with van der Waals surface area (Å²) < 4.78 is 21.7. The third-order valence-electron chi connectivity index (χ3n) is 5.18. The number of methoxy groups -OCH3 is 1. The van der Waals surface area contributed by atoms with E-state index < -0.39 is 5.82 Å². The number of aliphatic hydroxyl groups excluding tert-OH is 1. The molecule has 3 rings (SSSR count). The van der Waals surface area contributed by atoms with Crippen LogP contribution < -0.4 is 10.2 Å². The minimum Gasteiger partial charge on any atom is -0.481 e. The van der Waals surface area contributed by atoms with Crippen molar-refractivity contribution in [3.8, 4) is 5.88 Å². The van der Waals surface area contributed by atoms with Crippen molar-refractivity contribution >= 4 is 22.6 Å². The average molecular weight is 433 g/mol. The second kappa shape index (κ2) is 9.14. The van der Waals surface area contributed by atoms with Crippen LogP contribution in [0.25, 0.3) is 11.0 Å². The highest BCUT2D eigenvalue weighted by Crippen LogP contribution is 2.28. The Morgan fingerprint density at radius 3 is 2.67 bits per heavy atom. The van der Waals surface area contributed by atoms with Crippen molar-refractivity contribution in [3.63, 3.8) is 0 Å². The molecule has 1 atom stereocenters. The quantitative estimate of drug-likeness (QED) is 0.589. The third kappa shape index (κ3) is 4.35. The lowest BCUT2D eigenvalue weighted by Gasteiger charge is -2.23. The second-order valence-electron chi connectivity index (χ2n) is 7.93. The summed E-state index contributed by atoms with van der Waals surface area (Å²) in [4.78, 5) is 17.5. The molecule has 2 aromatic heterocycles. The Labute approximate surface area is 180 Å². The number of hydrogen-bond acceptors (Lipinski definition) is 4. The van der Waals surface area contributed by atoms with Crippen molar-refractivity contribution in [1.82, 2.24) is 9.55 Å². The van der Waals surface area contributed by atoms with E-state index in [-0.39, 0.29) is 29.5 Å². The molecule has 5 nitrogen and oxygen atoms in total. The van der Waals surface area contributed by atoms with Gasteiger partial charge in [0.25, 0.3) is 0 Å². The fourth-order valence-electron chi connectivity index (χ4n) is 3.73. The van der Waals surface area contributed by atoms with Crippen molar-refractivity contribution < 1.29 is 14.2 Å². The fourth-order valence-corrected chi connectivity index (χ4v) is 3.92. The largest absolute Gasteiger partial charge is 0.481 e. The van der Waals surface area contributed by atoms with E-state index in [2.05, 4.69) is 18.8 Å². The topological polar surface area (TPSA) is 64.3 Å². The predicted octanol–water partition coefficient (Wildman–Crippen LogP) is 4.68. The zero-order valence-corrected chi connectivity index (χ0v) is 18.3. The first-order valence-corrected chi connectivity index (χ1v) is 10.3. The number of halogens is 2. The minimum atomic E-state index is -0.500. The zero-order chi connectivity index (χ0) is 22.0. The Kier molecular flexibility index (Phi) is 6.78. The standard InChI is InChI=1S/C23H26ClFN2O3/c1-13(2)8-17(12-28)27-11-14(3)21(29)18-10-16(23(30-4)26-22(18)27)9-15-6-5-7-19(24)20(15)25/h5-7,10-11,13,17,28H,8-9,12H2,1-4H3/t17-/m0/s1. The van der Waals surface area contributed by atoms with Gasteiger partial charge < -0.3 is 14.4 Å².